The molecule has 2 amide bonds. The van der Waals surface area contributed by atoms with Gasteiger partial charge in [0.2, 0.25) is 11.8 Å². The standard InChI is InChI=1S/C23H20ClN3O4S/c1-13-7-9-14(10-8-13)19-15(11-25)22(27-21(29)20(19)23(30)31-2)32-12-18(28)26-17-6-4-3-5-16(17)24/h3-10,19-20H,12H2,1-2H3,(H,26,28)(H,27,29). The average molecular weight is 470 g/mol. The Morgan fingerprint density at radius 1 is 1.22 bits per heavy atom. The number of halogens is 1. The van der Waals surface area contributed by atoms with Crippen LogP contribution in [0.2, 0.25) is 5.02 Å². The van der Waals surface area contributed by atoms with Crippen molar-refractivity contribution in [2.45, 2.75) is 12.8 Å². The van der Waals surface area contributed by atoms with Crippen LogP contribution in [-0.2, 0) is 19.1 Å². The van der Waals surface area contributed by atoms with Gasteiger partial charge in [0, 0.05) is 5.92 Å². The SMILES string of the molecule is COC(=O)C1C(=O)NC(SCC(=O)Nc2ccccc2Cl)=C(C#N)C1c1ccc(C)cc1. The number of ether oxygens (including phenoxy) is 1. The largest absolute Gasteiger partial charge is 0.468 e. The summed E-state index contributed by atoms with van der Waals surface area (Å²) in [5, 5.41) is 15.8. The van der Waals surface area contributed by atoms with Crippen LogP contribution in [0.4, 0.5) is 5.69 Å². The highest BCUT2D eigenvalue weighted by atomic mass is 35.5. The van der Waals surface area contributed by atoms with Crippen molar-refractivity contribution < 1.29 is 19.1 Å². The van der Waals surface area contributed by atoms with Crippen LogP contribution < -0.4 is 10.6 Å². The molecule has 3 rings (SSSR count). The number of amides is 2. The molecule has 7 nitrogen and oxygen atoms in total. The monoisotopic (exact) mass is 469 g/mol. The van der Waals surface area contributed by atoms with Crippen LogP contribution in [0.3, 0.4) is 0 Å². The van der Waals surface area contributed by atoms with E-state index in [-0.39, 0.29) is 22.3 Å². The van der Waals surface area contributed by atoms with E-state index >= 15 is 0 Å². The first-order chi connectivity index (χ1) is 15.3. The van der Waals surface area contributed by atoms with Crippen LogP contribution in [0.1, 0.15) is 17.0 Å². The summed E-state index contributed by atoms with van der Waals surface area (Å²) in [6, 6.07) is 16.2. The van der Waals surface area contributed by atoms with Crippen molar-refractivity contribution in [2.75, 3.05) is 18.2 Å². The van der Waals surface area contributed by atoms with E-state index in [0.717, 1.165) is 17.3 Å². The van der Waals surface area contributed by atoms with E-state index in [1.165, 1.54) is 7.11 Å². The van der Waals surface area contributed by atoms with E-state index in [1.807, 2.05) is 19.1 Å². The van der Waals surface area contributed by atoms with Gasteiger partial charge in [-0.15, -0.1) is 0 Å². The van der Waals surface area contributed by atoms with E-state index in [1.54, 1.807) is 36.4 Å². The summed E-state index contributed by atoms with van der Waals surface area (Å²) < 4.78 is 4.82. The highest BCUT2D eigenvalue weighted by molar-refractivity contribution is 8.03. The number of nitrogens with one attached hydrogen (secondary N) is 2. The van der Waals surface area contributed by atoms with Crippen LogP contribution >= 0.6 is 23.4 Å². The van der Waals surface area contributed by atoms with Gasteiger partial charge in [-0.1, -0.05) is 65.3 Å². The lowest BCUT2D eigenvalue weighted by atomic mass is 9.78. The molecular formula is C23H20ClN3O4S. The molecule has 164 valence electrons. The number of thioether (sulfide) groups is 1. The molecule has 0 fully saturated rings. The number of nitriles is 1. The number of carbonyl (C=O) groups excluding carboxylic acids is 3. The molecule has 1 aliphatic heterocycles. The fraction of sp³-hybridized carbons (Fsp3) is 0.217. The maximum atomic E-state index is 12.8. The number of para-hydroxylation sites is 1. The van der Waals surface area contributed by atoms with Crippen LogP contribution in [0.15, 0.2) is 59.1 Å². The minimum atomic E-state index is -1.21. The minimum Gasteiger partial charge on any atom is -0.468 e. The molecule has 0 saturated heterocycles. The summed E-state index contributed by atoms with van der Waals surface area (Å²) in [5.74, 6) is -3.79. The van der Waals surface area contributed by atoms with Crippen LogP contribution in [0.25, 0.3) is 0 Å². The zero-order chi connectivity index (χ0) is 23.3. The lowest BCUT2D eigenvalue weighted by Gasteiger charge is -2.31. The van der Waals surface area contributed by atoms with Crippen LogP contribution in [-0.4, -0.2) is 30.6 Å². The molecule has 1 heterocycles. The van der Waals surface area contributed by atoms with E-state index < -0.39 is 23.7 Å². The van der Waals surface area contributed by atoms with Crippen molar-refractivity contribution in [1.82, 2.24) is 5.32 Å². The number of hydrogen-bond donors (Lipinski definition) is 2. The Labute approximate surface area is 194 Å². The van der Waals surface area contributed by atoms with E-state index in [0.29, 0.717) is 16.3 Å². The molecule has 32 heavy (non-hydrogen) atoms. The van der Waals surface area contributed by atoms with Gasteiger partial charge < -0.3 is 15.4 Å². The van der Waals surface area contributed by atoms with Gasteiger partial charge in [-0.05, 0) is 24.6 Å². The Morgan fingerprint density at radius 3 is 2.53 bits per heavy atom. The van der Waals surface area contributed by atoms with Gasteiger partial charge in [-0.2, -0.15) is 5.26 Å². The molecular weight excluding hydrogens is 450 g/mol. The molecule has 0 saturated carbocycles. The maximum Gasteiger partial charge on any atom is 0.319 e. The number of esters is 1. The van der Waals surface area contributed by atoms with E-state index in [4.69, 9.17) is 16.3 Å². The van der Waals surface area contributed by atoms with Crippen molar-refractivity contribution in [1.29, 1.82) is 5.26 Å². The molecule has 0 aliphatic carbocycles. The topological polar surface area (TPSA) is 108 Å². The van der Waals surface area contributed by atoms with Crippen molar-refractivity contribution in [2.24, 2.45) is 5.92 Å². The summed E-state index contributed by atoms with van der Waals surface area (Å²) in [6.07, 6.45) is 0. The third kappa shape index (κ3) is 5.13. The summed E-state index contributed by atoms with van der Waals surface area (Å²) in [7, 11) is 1.20. The van der Waals surface area contributed by atoms with Gasteiger partial charge in [0.1, 0.15) is 5.92 Å². The van der Waals surface area contributed by atoms with Crippen LogP contribution in [0.5, 0.6) is 0 Å². The minimum absolute atomic E-state index is 0.0739. The maximum absolute atomic E-state index is 12.8. The molecule has 0 spiro atoms. The average Bonchev–Trinajstić information content (AvgIpc) is 2.78. The summed E-state index contributed by atoms with van der Waals surface area (Å²) >= 11 is 7.07. The van der Waals surface area contributed by atoms with Crippen molar-refractivity contribution in [3.05, 3.63) is 75.3 Å². The molecule has 2 aromatic rings. The van der Waals surface area contributed by atoms with E-state index in [2.05, 4.69) is 16.7 Å². The number of anilines is 1. The van der Waals surface area contributed by atoms with Crippen molar-refractivity contribution in [3.63, 3.8) is 0 Å². The number of carbonyl (C=O) groups is 3. The molecule has 2 aromatic carbocycles. The van der Waals surface area contributed by atoms with Gasteiger partial charge in [-0.3, -0.25) is 14.4 Å². The zero-order valence-electron chi connectivity index (χ0n) is 17.3. The first kappa shape index (κ1) is 23.4. The highest BCUT2D eigenvalue weighted by Gasteiger charge is 2.44. The molecule has 0 aromatic heterocycles. The van der Waals surface area contributed by atoms with E-state index in [9.17, 15) is 19.6 Å². The third-order valence-electron chi connectivity index (χ3n) is 4.92. The predicted octanol–water partition coefficient (Wildman–Crippen LogP) is 3.76. The van der Waals surface area contributed by atoms with Gasteiger partial charge in [0.15, 0.2) is 0 Å². The second-order valence-electron chi connectivity index (χ2n) is 7.05. The molecule has 2 N–H and O–H groups in total. The predicted molar refractivity (Wildman–Crippen MR) is 123 cm³/mol. The molecule has 9 heteroatoms. The van der Waals surface area contributed by atoms with Gasteiger partial charge in [-0.25, -0.2) is 0 Å². The molecule has 0 radical (unpaired) electrons. The molecule has 0 bridgehead atoms. The summed E-state index contributed by atoms with van der Waals surface area (Å²) in [5.41, 5.74) is 2.29. The zero-order valence-corrected chi connectivity index (χ0v) is 18.9. The fourth-order valence-corrected chi connectivity index (χ4v) is 4.37. The number of hydrogen-bond acceptors (Lipinski definition) is 6. The lowest BCUT2D eigenvalue weighted by molar-refractivity contribution is -0.150. The highest BCUT2D eigenvalue weighted by Crippen LogP contribution is 2.40. The summed E-state index contributed by atoms with van der Waals surface area (Å²) in [6.45, 7) is 1.91. The number of allylic oxidation sites excluding steroid dienone is 1. The summed E-state index contributed by atoms with van der Waals surface area (Å²) in [4.78, 5) is 37.6. The second kappa shape index (κ2) is 10.4. The van der Waals surface area contributed by atoms with Gasteiger partial charge >= 0.3 is 5.97 Å². The molecule has 1 aliphatic rings. The number of benzene rings is 2. The number of nitrogens with zero attached hydrogens (tertiary/aromatic N) is 1. The second-order valence-corrected chi connectivity index (χ2v) is 8.44. The number of aryl methyl sites for hydroxylation is 1. The quantitative estimate of drug-likeness (QED) is 0.492. The van der Waals surface area contributed by atoms with Crippen LogP contribution in [0, 0.1) is 24.2 Å². The Balaban J connectivity index is 1.89. The Kier molecular flexibility index (Phi) is 7.57. The molecule has 2 atom stereocenters. The van der Waals surface area contributed by atoms with Gasteiger partial charge in [0.25, 0.3) is 0 Å². The van der Waals surface area contributed by atoms with Crippen molar-refractivity contribution >= 4 is 46.8 Å². The first-order valence-electron chi connectivity index (χ1n) is 9.62. The Morgan fingerprint density at radius 2 is 1.91 bits per heavy atom. The Bertz CT molecular complexity index is 1120. The number of methoxy groups -OCH3 is 1. The lowest BCUT2D eigenvalue weighted by Crippen LogP contribution is -2.44. The number of rotatable bonds is 6. The first-order valence-corrected chi connectivity index (χ1v) is 11.0. The molecule has 2 unspecified atom stereocenters. The third-order valence-corrected chi connectivity index (χ3v) is 6.26. The van der Waals surface area contributed by atoms with Gasteiger partial charge in [0.05, 0.1) is 40.2 Å². The smallest absolute Gasteiger partial charge is 0.319 e. The normalized spacial score (nSPS) is 17.9. The Hall–Kier alpha value is -3.28. The van der Waals surface area contributed by atoms with Crippen molar-refractivity contribution in [3.8, 4) is 6.07 Å². The fourth-order valence-electron chi connectivity index (χ4n) is 3.34.